The van der Waals surface area contributed by atoms with Crippen molar-refractivity contribution in [2.75, 3.05) is 7.11 Å². The number of benzene rings is 1. The summed E-state index contributed by atoms with van der Waals surface area (Å²) in [7, 11) is 1.66. The van der Waals surface area contributed by atoms with Crippen LogP contribution in [0.3, 0.4) is 0 Å². The monoisotopic (exact) mass is 326 g/mol. The molecule has 0 aliphatic rings. The molecule has 18 heavy (non-hydrogen) atoms. The van der Waals surface area contributed by atoms with Gasteiger partial charge in [0.05, 0.1) is 13.2 Å². The SMILES string of the molecule is COc1ccc(C)cc1CC(O)c1cc(Br)cs1. The third-order valence-electron chi connectivity index (χ3n) is 2.77. The summed E-state index contributed by atoms with van der Waals surface area (Å²) in [6.45, 7) is 2.04. The molecule has 1 heterocycles. The lowest BCUT2D eigenvalue weighted by molar-refractivity contribution is 0.181. The summed E-state index contributed by atoms with van der Waals surface area (Å²) in [5, 5.41) is 12.2. The van der Waals surface area contributed by atoms with Crippen LogP contribution in [0.25, 0.3) is 0 Å². The molecule has 4 heteroatoms. The summed E-state index contributed by atoms with van der Waals surface area (Å²) in [6.07, 6.45) is 0.0784. The van der Waals surface area contributed by atoms with Crippen molar-refractivity contribution in [1.29, 1.82) is 0 Å². The quantitative estimate of drug-likeness (QED) is 0.916. The summed E-state index contributed by atoms with van der Waals surface area (Å²) in [5.74, 6) is 0.829. The number of hydrogen-bond acceptors (Lipinski definition) is 3. The Balaban J connectivity index is 2.20. The standard InChI is InChI=1S/C14H15BrO2S/c1-9-3-4-13(17-2)10(5-9)6-12(16)14-7-11(15)8-18-14/h3-5,7-8,12,16H,6H2,1-2H3. The first-order valence-corrected chi connectivity index (χ1v) is 7.33. The normalized spacial score (nSPS) is 12.4. The van der Waals surface area contributed by atoms with Gasteiger partial charge in [0.15, 0.2) is 0 Å². The van der Waals surface area contributed by atoms with Gasteiger partial charge in [0, 0.05) is 21.2 Å². The van der Waals surface area contributed by atoms with Gasteiger partial charge in [-0.15, -0.1) is 11.3 Å². The molecule has 1 aromatic carbocycles. The molecule has 0 spiro atoms. The first kappa shape index (κ1) is 13.6. The van der Waals surface area contributed by atoms with Crippen molar-refractivity contribution < 1.29 is 9.84 Å². The molecule has 0 saturated carbocycles. The molecule has 0 bridgehead atoms. The maximum Gasteiger partial charge on any atom is 0.122 e. The number of hydrogen-bond donors (Lipinski definition) is 1. The van der Waals surface area contributed by atoms with Crippen molar-refractivity contribution in [2.45, 2.75) is 19.4 Å². The van der Waals surface area contributed by atoms with Gasteiger partial charge >= 0.3 is 0 Å². The maximum atomic E-state index is 10.2. The van der Waals surface area contributed by atoms with Crippen molar-refractivity contribution in [3.05, 3.63) is 50.1 Å². The molecular weight excluding hydrogens is 312 g/mol. The van der Waals surface area contributed by atoms with E-state index in [1.807, 2.05) is 30.5 Å². The van der Waals surface area contributed by atoms with E-state index < -0.39 is 6.10 Å². The molecule has 96 valence electrons. The molecule has 0 saturated heterocycles. The Bertz CT molecular complexity index is 536. The van der Waals surface area contributed by atoms with Gasteiger partial charge in [-0.1, -0.05) is 17.7 Å². The zero-order valence-corrected chi connectivity index (χ0v) is 12.7. The van der Waals surface area contributed by atoms with E-state index in [9.17, 15) is 5.11 Å². The Hall–Kier alpha value is -0.840. The Morgan fingerprint density at radius 3 is 2.78 bits per heavy atom. The summed E-state index contributed by atoms with van der Waals surface area (Å²) >= 11 is 4.96. The number of thiophene rings is 1. The van der Waals surface area contributed by atoms with Crippen LogP contribution < -0.4 is 4.74 Å². The van der Waals surface area contributed by atoms with Crippen LogP contribution in [0.2, 0.25) is 0 Å². The molecule has 0 amide bonds. The van der Waals surface area contributed by atoms with Gasteiger partial charge in [0.1, 0.15) is 5.75 Å². The molecule has 1 N–H and O–H groups in total. The Labute approximate surface area is 119 Å². The third kappa shape index (κ3) is 3.13. The van der Waals surface area contributed by atoms with E-state index in [1.54, 1.807) is 18.4 Å². The molecule has 1 aromatic heterocycles. The topological polar surface area (TPSA) is 29.5 Å². The van der Waals surface area contributed by atoms with E-state index >= 15 is 0 Å². The average molecular weight is 327 g/mol. The van der Waals surface area contributed by atoms with E-state index in [1.165, 1.54) is 5.56 Å². The summed E-state index contributed by atoms with van der Waals surface area (Å²) < 4.78 is 6.34. The molecule has 1 unspecified atom stereocenters. The van der Waals surface area contributed by atoms with Gasteiger partial charge in [-0.3, -0.25) is 0 Å². The van der Waals surface area contributed by atoms with Gasteiger partial charge < -0.3 is 9.84 Å². The van der Waals surface area contributed by atoms with E-state index in [-0.39, 0.29) is 0 Å². The average Bonchev–Trinajstić information content (AvgIpc) is 2.76. The van der Waals surface area contributed by atoms with Gasteiger partial charge in [-0.2, -0.15) is 0 Å². The number of aliphatic hydroxyl groups excluding tert-OH is 1. The third-order valence-corrected chi connectivity index (χ3v) is 4.56. The highest BCUT2D eigenvalue weighted by Gasteiger charge is 2.14. The molecule has 1 atom stereocenters. The van der Waals surface area contributed by atoms with Crippen molar-refractivity contribution in [2.24, 2.45) is 0 Å². The molecule has 0 aliphatic heterocycles. The molecular formula is C14H15BrO2S. The highest BCUT2D eigenvalue weighted by atomic mass is 79.9. The van der Waals surface area contributed by atoms with Gasteiger partial charge in [0.2, 0.25) is 0 Å². The molecule has 0 fully saturated rings. The fraction of sp³-hybridized carbons (Fsp3) is 0.286. The minimum absolute atomic E-state index is 0.489. The number of halogens is 1. The predicted octanol–water partition coefficient (Wildman–Crippen LogP) is 4.10. The van der Waals surface area contributed by atoms with Crippen LogP contribution in [-0.2, 0) is 6.42 Å². The van der Waals surface area contributed by atoms with Crippen molar-refractivity contribution >= 4 is 27.3 Å². The zero-order valence-electron chi connectivity index (χ0n) is 10.3. The van der Waals surface area contributed by atoms with E-state index in [0.717, 1.165) is 20.7 Å². The first-order chi connectivity index (χ1) is 8.60. The molecule has 0 aliphatic carbocycles. The van der Waals surface area contributed by atoms with Crippen LogP contribution in [-0.4, -0.2) is 12.2 Å². The van der Waals surface area contributed by atoms with Crippen LogP contribution in [0.1, 0.15) is 22.1 Å². The Morgan fingerprint density at radius 2 is 2.17 bits per heavy atom. The van der Waals surface area contributed by atoms with Crippen molar-refractivity contribution in [3.8, 4) is 5.75 Å². The Kier molecular flexibility index (Phi) is 4.43. The number of methoxy groups -OCH3 is 1. The Morgan fingerprint density at radius 1 is 1.39 bits per heavy atom. The molecule has 2 nitrogen and oxygen atoms in total. The lowest BCUT2D eigenvalue weighted by Crippen LogP contribution is -2.02. The van der Waals surface area contributed by atoms with Gasteiger partial charge in [-0.05, 0) is 40.5 Å². The summed E-state index contributed by atoms with van der Waals surface area (Å²) in [6, 6.07) is 7.97. The fourth-order valence-electron chi connectivity index (χ4n) is 1.88. The lowest BCUT2D eigenvalue weighted by atomic mass is 10.0. The molecule has 0 radical (unpaired) electrons. The van der Waals surface area contributed by atoms with Crippen LogP contribution in [0.4, 0.5) is 0 Å². The largest absolute Gasteiger partial charge is 0.496 e. The second-order valence-electron chi connectivity index (χ2n) is 4.20. The molecule has 2 rings (SSSR count). The zero-order chi connectivity index (χ0) is 13.1. The number of rotatable bonds is 4. The molecule has 2 aromatic rings. The van der Waals surface area contributed by atoms with Crippen LogP contribution in [0, 0.1) is 6.92 Å². The summed E-state index contributed by atoms with van der Waals surface area (Å²) in [4.78, 5) is 0.963. The smallest absolute Gasteiger partial charge is 0.122 e. The maximum absolute atomic E-state index is 10.2. The van der Waals surface area contributed by atoms with E-state index in [2.05, 4.69) is 22.0 Å². The van der Waals surface area contributed by atoms with Gasteiger partial charge in [-0.25, -0.2) is 0 Å². The highest BCUT2D eigenvalue weighted by molar-refractivity contribution is 9.10. The van der Waals surface area contributed by atoms with Crippen molar-refractivity contribution in [1.82, 2.24) is 0 Å². The van der Waals surface area contributed by atoms with E-state index in [0.29, 0.717) is 6.42 Å². The second kappa shape index (κ2) is 5.87. The van der Waals surface area contributed by atoms with Crippen LogP contribution in [0.15, 0.2) is 34.1 Å². The van der Waals surface area contributed by atoms with Crippen molar-refractivity contribution in [3.63, 3.8) is 0 Å². The second-order valence-corrected chi connectivity index (χ2v) is 6.06. The minimum Gasteiger partial charge on any atom is -0.496 e. The number of aryl methyl sites for hydroxylation is 1. The van der Waals surface area contributed by atoms with Crippen LogP contribution >= 0.6 is 27.3 Å². The predicted molar refractivity (Wildman–Crippen MR) is 78.4 cm³/mol. The van der Waals surface area contributed by atoms with E-state index in [4.69, 9.17) is 4.74 Å². The summed E-state index contributed by atoms with van der Waals surface area (Å²) in [5.41, 5.74) is 2.21. The highest BCUT2D eigenvalue weighted by Crippen LogP contribution is 2.30. The number of aliphatic hydroxyl groups is 1. The first-order valence-electron chi connectivity index (χ1n) is 5.65. The fourth-order valence-corrected chi connectivity index (χ4v) is 3.31. The van der Waals surface area contributed by atoms with Crippen LogP contribution in [0.5, 0.6) is 5.75 Å². The van der Waals surface area contributed by atoms with Gasteiger partial charge in [0.25, 0.3) is 0 Å². The minimum atomic E-state index is -0.489. The lowest BCUT2D eigenvalue weighted by Gasteiger charge is -2.13. The number of ether oxygens (including phenoxy) is 1.